The smallest absolute Gasteiger partial charge is 0.0880 e. The molecule has 0 bridgehead atoms. The molecule has 4 heteroatoms. The van der Waals surface area contributed by atoms with Gasteiger partial charge in [0.15, 0.2) is 0 Å². The lowest BCUT2D eigenvalue weighted by Gasteiger charge is -2.28. The number of ether oxygens (including phenoxy) is 1. The first-order valence-corrected chi connectivity index (χ1v) is 14.8. The van der Waals surface area contributed by atoms with Crippen LogP contribution in [0.5, 0.6) is 0 Å². The van der Waals surface area contributed by atoms with E-state index in [1.54, 1.807) is 0 Å². The van der Waals surface area contributed by atoms with Crippen molar-refractivity contribution in [3.63, 3.8) is 0 Å². The molecule has 0 radical (unpaired) electrons. The van der Waals surface area contributed by atoms with Crippen LogP contribution in [-0.4, -0.2) is 35.6 Å². The third kappa shape index (κ3) is 23.2. The van der Waals surface area contributed by atoms with Crippen LogP contribution in [0.4, 0.5) is 0 Å². The number of unbranched alkanes of at least 4 members (excludes halogenated alkanes) is 14. The van der Waals surface area contributed by atoms with Crippen molar-refractivity contribution in [1.29, 1.82) is 0 Å². The van der Waals surface area contributed by atoms with Gasteiger partial charge in [-0.1, -0.05) is 147 Å². The van der Waals surface area contributed by atoms with Crippen molar-refractivity contribution in [2.45, 2.75) is 142 Å². The monoisotopic (exact) mass is 493 g/mol. The molecule has 0 aliphatic carbocycles. The molecule has 0 saturated carbocycles. The molecule has 1 aromatic carbocycles. The second-order valence-corrected chi connectivity index (χ2v) is 10.1. The van der Waals surface area contributed by atoms with E-state index in [-0.39, 0.29) is 6.61 Å². The summed E-state index contributed by atoms with van der Waals surface area (Å²) in [4.78, 5) is 0. The van der Waals surface area contributed by atoms with Crippen molar-refractivity contribution in [1.82, 2.24) is 0 Å². The number of aliphatic hydroxyl groups excluding tert-OH is 1. The van der Waals surface area contributed by atoms with Crippen LogP contribution in [0.3, 0.4) is 0 Å². The van der Waals surface area contributed by atoms with E-state index in [4.69, 9.17) is 15.6 Å². The zero-order valence-corrected chi connectivity index (χ0v) is 23.3. The van der Waals surface area contributed by atoms with Gasteiger partial charge in [-0.2, -0.15) is 0 Å². The van der Waals surface area contributed by atoms with Gasteiger partial charge in [0.25, 0.3) is 0 Å². The van der Waals surface area contributed by atoms with Crippen LogP contribution in [0.15, 0.2) is 30.3 Å². The van der Waals surface area contributed by atoms with Gasteiger partial charge < -0.3 is 20.7 Å². The Balaban J connectivity index is 0.00000121. The predicted molar refractivity (Wildman–Crippen MR) is 152 cm³/mol. The van der Waals surface area contributed by atoms with Gasteiger partial charge in [-0.25, -0.2) is 0 Å². The molecular formula is C31H59NO3. The zero-order chi connectivity index (χ0) is 25.9. The summed E-state index contributed by atoms with van der Waals surface area (Å²) < 4.78 is 5.49. The van der Waals surface area contributed by atoms with E-state index in [9.17, 15) is 5.11 Å². The summed E-state index contributed by atoms with van der Waals surface area (Å²) in [5.41, 5.74) is 5.84. The van der Waals surface area contributed by atoms with Gasteiger partial charge in [0.1, 0.15) is 0 Å². The maximum atomic E-state index is 11.0. The van der Waals surface area contributed by atoms with Crippen LogP contribution in [-0.2, 0) is 11.3 Å². The SMILES string of the molecule is CCCCCCCCCCC(O)(CCCCCCCCCC)COCCO.NCc1ccccc1. The molecule has 0 aliphatic rings. The quantitative estimate of drug-likeness (QED) is 0.135. The lowest BCUT2D eigenvalue weighted by atomic mass is 9.90. The van der Waals surface area contributed by atoms with Crippen molar-refractivity contribution in [2.24, 2.45) is 5.73 Å². The van der Waals surface area contributed by atoms with Crippen molar-refractivity contribution in [3.05, 3.63) is 35.9 Å². The molecule has 0 amide bonds. The standard InChI is InChI=1S/C24H50O3.C7H9N/c1-3-5-7-9-11-13-15-17-19-24(26,23-27-22-21-25)20-18-16-14-12-10-8-6-4-2;8-6-7-4-2-1-3-5-7/h25-26H,3-23H2,1-2H3;1-5H,6,8H2. The highest BCUT2D eigenvalue weighted by Crippen LogP contribution is 2.24. The normalized spacial score (nSPS) is 11.3. The largest absolute Gasteiger partial charge is 0.394 e. The Morgan fingerprint density at radius 3 is 1.49 bits per heavy atom. The molecule has 0 unspecified atom stereocenters. The number of benzene rings is 1. The molecule has 0 heterocycles. The number of nitrogens with two attached hydrogens (primary N) is 1. The first kappa shape index (κ1) is 34.1. The third-order valence-electron chi connectivity index (χ3n) is 6.68. The van der Waals surface area contributed by atoms with E-state index in [1.807, 2.05) is 30.3 Å². The molecule has 0 atom stereocenters. The maximum absolute atomic E-state index is 11.0. The first-order valence-electron chi connectivity index (χ1n) is 14.8. The summed E-state index contributed by atoms with van der Waals surface area (Å²) >= 11 is 0. The molecule has 0 fully saturated rings. The van der Waals surface area contributed by atoms with Crippen LogP contribution in [0.2, 0.25) is 0 Å². The van der Waals surface area contributed by atoms with E-state index in [0.29, 0.717) is 19.8 Å². The highest BCUT2D eigenvalue weighted by molar-refractivity contribution is 5.13. The highest BCUT2D eigenvalue weighted by Gasteiger charge is 2.26. The molecule has 1 aromatic rings. The minimum atomic E-state index is -0.695. The number of hydrogen-bond acceptors (Lipinski definition) is 4. The molecule has 4 nitrogen and oxygen atoms in total. The summed E-state index contributed by atoms with van der Waals surface area (Å²) in [7, 11) is 0. The highest BCUT2D eigenvalue weighted by atomic mass is 16.5. The van der Waals surface area contributed by atoms with Gasteiger partial charge >= 0.3 is 0 Å². The van der Waals surface area contributed by atoms with Gasteiger partial charge in [0.05, 0.1) is 25.4 Å². The molecular weight excluding hydrogens is 434 g/mol. The van der Waals surface area contributed by atoms with Gasteiger partial charge in [-0.3, -0.25) is 0 Å². The van der Waals surface area contributed by atoms with Crippen molar-refractivity contribution < 1.29 is 14.9 Å². The van der Waals surface area contributed by atoms with E-state index >= 15 is 0 Å². The average Bonchev–Trinajstić information content (AvgIpc) is 2.88. The van der Waals surface area contributed by atoms with Gasteiger partial charge in [0.2, 0.25) is 0 Å². The fourth-order valence-corrected chi connectivity index (χ4v) is 4.39. The Hall–Kier alpha value is -0.940. The minimum absolute atomic E-state index is 0.0333. The van der Waals surface area contributed by atoms with E-state index in [2.05, 4.69) is 13.8 Å². The second-order valence-electron chi connectivity index (χ2n) is 10.1. The minimum Gasteiger partial charge on any atom is -0.394 e. The van der Waals surface area contributed by atoms with Crippen LogP contribution in [0.25, 0.3) is 0 Å². The zero-order valence-electron chi connectivity index (χ0n) is 23.3. The van der Waals surface area contributed by atoms with Crippen molar-refractivity contribution >= 4 is 0 Å². The molecule has 0 saturated heterocycles. The topological polar surface area (TPSA) is 75.7 Å². The predicted octanol–water partition coefficient (Wildman–Crippen LogP) is 7.93. The fraction of sp³-hybridized carbons (Fsp3) is 0.806. The number of hydrogen-bond donors (Lipinski definition) is 3. The maximum Gasteiger partial charge on any atom is 0.0880 e. The van der Waals surface area contributed by atoms with Gasteiger partial charge in [0, 0.05) is 6.54 Å². The lowest BCUT2D eigenvalue weighted by Crippen LogP contribution is -2.35. The Labute approximate surface area is 218 Å². The molecule has 0 aliphatic heterocycles. The summed E-state index contributed by atoms with van der Waals surface area (Å²) in [5.74, 6) is 0. The van der Waals surface area contributed by atoms with Crippen LogP contribution in [0.1, 0.15) is 135 Å². The summed E-state index contributed by atoms with van der Waals surface area (Å²) in [5, 5.41) is 19.9. The molecule has 206 valence electrons. The molecule has 0 spiro atoms. The Morgan fingerprint density at radius 1 is 0.686 bits per heavy atom. The van der Waals surface area contributed by atoms with Crippen LogP contribution in [0, 0.1) is 0 Å². The number of aliphatic hydroxyl groups is 2. The summed E-state index contributed by atoms with van der Waals surface area (Å²) in [6.45, 7) is 5.89. The Morgan fingerprint density at radius 2 is 1.11 bits per heavy atom. The second kappa shape index (κ2) is 26.1. The fourth-order valence-electron chi connectivity index (χ4n) is 4.39. The Kier molecular flexibility index (Phi) is 25.4. The molecule has 0 aromatic heterocycles. The Bertz CT molecular complexity index is 503. The van der Waals surface area contributed by atoms with E-state index in [1.165, 1.54) is 95.5 Å². The third-order valence-corrected chi connectivity index (χ3v) is 6.68. The van der Waals surface area contributed by atoms with Crippen molar-refractivity contribution in [2.75, 3.05) is 19.8 Å². The molecule has 1 rings (SSSR count). The van der Waals surface area contributed by atoms with Gasteiger partial charge in [-0.15, -0.1) is 0 Å². The van der Waals surface area contributed by atoms with Crippen LogP contribution >= 0.6 is 0 Å². The summed E-state index contributed by atoms with van der Waals surface area (Å²) in [6.07, 6.45) is 22.3. The summed E-state index contributed by atoms with van der Waals surface area (Å²) in [6, 6.07) is 9.99. The number of rotatable bonds is 23. The lowest BCUT2D eigenvalue weighted by molar-refractivity contribution is -0.0650. The van der Waals surface area contributed by atoms with E-state index < -0.39 is 5.60 Å². The van der Waals surface area contributed by atoms with Gasteiger partial charge in [-0.05, 0) is 18.4 Å². The first-order chi connectivity index (χ1) is 17.1. The molecule has 35 heavy (non-hydrogen) atoms. The van der Waals surface area contributed by atoms with Crippen LogP contribution < -0.4 is 5.73 Å². The average molecular weight is 494 g/mol. The van der Waals surface area contributed by atoms with E-state index in [0.717, 1.165) is 25.7 Å². The van der Waals surface area contributed by atoms with Crippen molar-refractivity contribution in [3.8, 4) is 0 Å². The molecule has 4 N–H and O–H groups in total.